The zero-order valence-electron chi connectivity index (χ0n) is 8.27. The SMILES string of the molecule is CC(=O)O[C@H](Cc1ccccc1)C(=O)F. The first-order valence-corrected chi connectivity index (χ1v) is 4.50. The predicted octanol–water partition coefficient (Wildman–Crippen LogP) is 1.66. The Morgan fingerprint density at radius 1 is 1.33 bits per heavy atom. The highest BCUT2D eigenvalue weighted by atomic mass is 19.1. The molecule has 0 aromatic heterocycles. The van der Waals surface area contributed by atoms with Crippen LogP contribution in [0.1, 0.15) is 12.5 Å². The average molecular weight is 210 g/mol. The van der Waals surface area contributed by atoms with Crippen molar-refractivity contribution < 1.29 is 18.7 Å². The van der Waals surface area contributed by atoms with Crippen LogP contribution in [0.4, 0.5) is 4.39 Å². The Morgan fingerprint density at radius 2 is 1.93 bits per heavy atom. The molecule has 1 rings (SSSR count). The molecular weight excluding hydrogens is 199 g/mol. The molecule has 0 aliphatic rings. The van der Waals surface area contributed by atoms with Gasteiger partial charge in [-0.1, -0.05) is 30.3 Å². The largest absolute Gasteiger partial charge is 0.451 e. The summed E-state index contributed by atoms with van der Waals surface area (Å²) in [4.78, 5) is 21.1. The van der Waals surface area contributed by atoms with Gasteiger partial charge < -0.3 is 4.74 Å². The van der Waals surface area contributed by atoms with Gasteiger partial charge in [-0.3, -0.25) is 9.59 Å². The van der Waals surface area contributed by atoms with Crippen LogP contribution in [0.5, 0.6) is 0 Å². The van der Waals surface area contributed by atoms with E-state index in [0.717, 1.165) is 12.5 Å². The Kier molecular flexibility index (Phi) is 3.97. The number of halogens is 1. The number of hydrogen-bond donors (Lipinski definition) is 0. The molecule has 1 atom stereocenters. The van der Waals surface area contributed by atoms with Crippen LogP contribution in [-0.2, 0) is 20.7 Å². The van der Waals surface area contributed by atoms with Gasteiger partial charge in [0.15, 0.2) is 6.10 Å². The Morgan fingerprint density at radius 3 is 2.40 bits per heavy atom. The minimum atomic E-state index is -1.63. The number of carbonyl (C=O) groups excluding carboxylic acids is 2. The molecule has 0 aliphatic carbocycles. The molecule has 0 fully saturated rings. The molecule has 0 amide bonds. The highest BCUT2D eigenvalue weighted by molar-refractivity contribution is 5.77. The number of benzene rings is 1. The first kappa shape index (κ1) is 11.4. The van der Waals surface area contributed by atoms with Gasteiger partial charge in [0.1, 0.15) is 0 Å². The van der Waals surface area contributed by atoms with Crippen molar-refractivity contribution in [3.05, 3.63) is 35.9 Å². The van der Waals surface area contributed by atoms with Gasteiger partial charge in [0.2, 0.25) is 0 Å². The van der Waals surface area contributed by atoms with Crippen molar-refractivity contribution in [1.82, 2.24) is 0 Å². The van der Waals surface area contributed by atoms with Gasteiger partial charge in [-0.2, -0.15) is 4.39 Å². The van der Waals surface area contributed by atoms with E-state index < -0.39 is 18.1 Å². The molecule has 0 spiro atoms. The summed E-state index contributed by atoms with van der Waals surface area (Å²) in [5, 5.41) is 0. The molecule has 0 radical (unpaired) electrons. The second-order valence-corrected chi connectivity index (χ2v) is 3.09. The number of hydrogen-bond acceptors (Lipinski definition) is 3. The number of ether oxygens (including phenoxy) is 1. The Balaban J connectivity index is 2.67. The molecule has 1 aromatic carbocycles. The van der Waals surface area contributed by atoms with Crippen molar-refractivity contribution >= 4 is 12.0 Å². The summed E-state index contributed by atoms with van der Waals surface area (Å²) in [5.74, 6) is -0.665. The summed E-state index contributed by atoms with van der Waals surface area (Å²) in [7, 11) is 0. The Hall–Kier alpha value is -1.71. The van der Waals surface area contributed by atoms with Crippen LogP contribution in [0.3, 0.4) is 0 Å². The molecule has 3 nitrogen and oxygen atoms in total. The van der Waals surface area contributed by atoms with Crippen molar-refractivity contribution in [3.63, 3.8) is 0 Å². The number of rotatable bonds is 4. The maximum Gasteiger partial charge on any atom is 0.342 e. The lowest BCUT2D eigenvalue weighted by Crippen LogP contribution is -2.25. The van der Waals surface area contributed by atoms with Crippen LogP contribution < -0.4 is 0 Å². The van der Waals surface area contributed by atoms with E-state index in [4.69, 9.17) is 0 Å². The van der Waals surface area contributed by atoms with Crippen LogP contribution >= 0.6 is 0 Å². The molecule has 0 bridgehead atoms. The zero-order chi connectivity index (χ0) is 11.3. The average Bonchev–Trinajstić information content (AvgIpc) is 2.17. The minimum Gasteiger partial charge on any atom is -0.451 e. The maximum atomic E-state index is 12.5. The fourth-order valence-corrected chi connectivity index (χ4v) is 1.20. The first-order valence-electron chi connectivity index (χ1n) is 4.50. The standard InChI is InChI=1S/C11H11FO3/c1-8(13)15-10(11(12)14)7-9-5-3-2-4-6-9/h2-6,10H,7H2,1H3/t10-/m1/s1. The third-order valence-corrected chi connectivity index (χ3v) is 1.83. The minimum absolute atomic E-state index is 0.0652. The van der Waals surface area contributed by atoms with E-state index in [9.17, 15) is 14.0 Å². The van der Waals surface area contributed by atoms with E-state index in [1.54, 1.807) is 24.3 Å². The molecule has 0 unspecified atom stereocenters. The summed E-state index contributed by atoms with van der Waals surface area (Å²) in [6, 6.07) is 7.18. The van der Waals surface area contributed by atoms with Gasteiger partial charge in [-0.05, 0) is 5.56 Å². The first-order chi connectivity index (χ1) is 7.09. The smallest absolute Gasteiger partial charge is 0.342 e. The second-order valence-electron chi connectivity index (χ2n) is 3.09. The summed E-state index contributed by atoms with van der Waals surface area (Å²) >= 11 is 0. The lowest BCUT2D eigenvalue weighted by atomic mass is 10.1. The van der Waals surface area contributed by atoms with E-state index in [1.807, 2.05) is 6.07 Å². The quantitative estimate of drug-likeness (QED) is 0.560. The van der Waals surface area contributed by atoms with Crippen LogP contribution in [-0.4, -0.2) is 18.1 Å². The fraction of sp³-hybridized carbons (Fsp3) is 0.273. The summed E-state index contributed by atoms with van der Waals surface area (Å²) in [6.07, 6.45) is -1.26. The lowest BCUT2D eigenvalue weighted by Gasteiger charge is -2.11. The summed E-state index contributed by atoms with van der Waals surface area (Å²) in [6.45, 7) is 1.14. The van der Waals surface area contributed by atoms with Gasteiger partial charge in [0, 0.05) is 13.3 Å². The molecule has 80 valence electrons. The van der Waals surface area contributed by atoms with Crippen LogP contribution in [0.15, 0.2) is 30.3 Å². The fourth-order valence-electron chi connectivity index (χ4n) is 1.20. The highest BCUT2D eigenvalue weighted by Gasteiger charge is 2.21. The number of esters is 1. The Labute approximate surface area is 86.9 Å². The molecule has 15 heavy (non-hydrogen) atoms. The topological polar surface area (TPSA) is 43.4 Å². The molecule has 0 aliphatic heterocycles. The molecular formula is C11H11FO3. The van der Waals surface area contributed by atoms with E-state index in [1.165, 1.54) is 0 Å². The summed E-state index contributed by atoms with van der Waals surface area (Å²) in [5.41, 5.74) is 0.745. The molecule has 0 heterocycles. The normalized spacial score (nSPS) is 11.9. The van der Waals surface area contributed by atoms with Gasteiger partial charge in [0.05, 0.1) is 0 Å². The van der Waals surface area contributed by atoms with Gasteiger partial charge in [-0.15, -0.1) is 0 Å². The van der Waals surface area contributed by atoms with E-state index in [2.05, 4.69) is 4.74 Å². The van der Waals surface area contributed by atoms with Crippen LogP contribution in [0.2, 0.25) is 0 Å². The van der Waals surface area contributed by atoms with Gasteiger partial charge in [0.25, 0.3) is 0 Å². The second kappa shape index (κ2) is 5.24. The maximum absolute atomic E-state index is 12.5. The zero-order valence-corrected chi connectivity index (χ0v) is 8.27. The molecule has 0 saturated carbocycles. The third-order valence-electron chi connectivity index (χ3n) is 1.83. The highest BCUT2D eigenvalue weighted by Crippen LogP contribution is 2.07. The Bertz CT molecular complexity index is 348. The van der Waals surface area contributed by atoms with Crippen LogP contribution in [0.25, 0.3) is 0 Å². The van der Waals surface area contributed by atoms with Crippen molar-refractivity contribution in [1.29, 1.82) is 0 Å². The summed E-state index contributed by atoms with van der Waals surface area (Å²) < 4.78 is 17.0. The van der Waals surface area contributed by atoms with E-state index in [-0.39, 0.29) is 6.42 Å². The molecule has 0 saturated heterocycles. The lowest BCUT2D eigenvalue weighted by molar-refractivity contribution is -0.157. The van der Waals surface area contributed by atoms with Crippen molar-refractivity contribution in [2.45, 2.75) is 19.4 Å². The van der Waals surface area contributed by atoms with Crippen molar-refractivity contribution in [3.8, 4) is 0 Å². The van der Waals surface area contributed by atoms with Crippen LogP contribution in [0, 0.1) is 0 Å². The van der Waals surface area contributed by atoms with Crippen molar-refractivity contribution in [2.24, 2.45) is 0 Å². The molecule has 1 aromatic rings. The third kappa shape index (κ3) is 3.89. The van der Waals surface area contributed by atoms with E-state index in [0.29, 0.717) is 0 Å². The predicted molar refractivity (Wildman–Crippen MR) is 51.8 cm³/mol. The molecule has 0 N–H and O–H groups in total. The molecule has 4 heteroatoms. The van der Waals surface area contributed by atoms with Gasteiger partial charge in [-0.25, -0.2) is 0 Å². The van der Waals surface area contributed by atoms with E-state index >= 15 is 0 Å². The number of carbonyl (C=O) groups is 2. The van der Waals surface area contributed by atoms with Gasteiger partial charge >= 0.3 is 12.0 Å². The van der Waals surface area contributed by atoms with Crippen molar-refractivity contribution in [2.75, 3.05) is 0 Å². The monoisotopic (exact) mass is 210 g/mol.